The molecule has 3 aliphatic rings. The normalized spacial score (nSPS) is 19.3. The lowest BCUT2D eigenvalue weighted by Crippen LogP contribution is -2.54. The van der Waals surface area contributed by atoms with E-state index in [1.165, 1.54) is 0 Å². The van der Waals surface area contributed by atoms with Crippen molar-refractivity contribution in [2.75, 3.05) is 44.2 Å². The Morgan fingerprint density at radius 1 is 1.05 bits per heavy atom. The van der Waals surface area contributed by atoms with Crippen molar-refractivity contribution in [2.24, 2.45) is 5.92 Å². The summed E-state index contributed by atoms with van der Waals surface area (Å²) in [6, 6.07) is 14.4. The number of halogens is 1. The number of aromatic amines is 1. The summed E-state index contributed by atoms with van der Waals surface area (Å²) in [5.74, 6) is 0.666. The molecule has 2 N–H and O–H groups in total. The number of carbonyl (C=O) groups excluding carboxylic acids is 2. The van der Waals surface area contributed by atoms with Gasteiger partial charge in [-0.15, -0.1) is 0 Å². The Bertz CT molecular complexity index is 1420. The quantitative estimate of drug-likeness (QED) is 0.367. The number of nitrogens with zero attached hydrogens (tertiary/aromatic N) is 4. The average Bonchev–Trinajstić information content (AvgIpc) is 3.71. The van der Waals surface area contributed by atoms with Crippen molar-refractivity contribution in [3.63, 3.8) is 0 Å². The van der Waals surface area contributed by atoms with Crippen LogP contribution in [0.1, 0.15) is 45.1 Å². The number of ether oxygens (including phenoxy) is 1. The number of anilines is 1. The lowest BCUT2D eigenvalue weighted by Gasteiger charge is -2.37. The van der Waals surface area contributed by atoms with E-state index < -0.39 is 5.60 Å². The number of benzene rings is 2. The van der Waals surface area contributed by atoms with Crippen LogP contribution in [0.3, 0.4) is 0 Å². The van der Waals surface area contributed by atoms with Crippen LogP contribution < -0.4 is 15.0 Å². The van der Waals surface area contributed by atoms with Crippen molar-refractivity contribution in [2.45, 2.75) is 57.7 Å². The zero-order valence-electron chi connectivity index (χ0n) is 25.0. The molecule has 0 radical (unpaired) electrons. The summed E-state index contributed by atoms with van der Waals surface area (Å²) in [5.41, 5.74) is 3.17. The van der Waals surface area contributed by atoms with Crippen LogP contribution in [0.25, 0.3) is 11.1 Å². The number of amides is 2. The first-order valence-corrected chi connectivity index (χ1v) is 15.8. The summed E-state index contributed by atoms with van der Waals surface area (Å²) in [6.07, 6.45) is 7.61. The van der Waals surface area contributed by atoms with E-state index in [4.69, 9.17) is 16.3 Å². The molecule has 6 rings (SSSR count). The maximum Gasteiger partial charge on any atom is 0.266 e. The largest absolute Gasteiger partial charge is 0.478 e. The maximum absolute atomic E-state index is 14.0. The third kappa shape index (κ3) is 6.99. The van der Waals surface area contributed by atoms with Gasteiger partial charge in [-0.25, -0.2) is 0 Å². The van der Waals surface area contributed by atoms with E-state index in [1.807, 2.05) is 43.3 Å². The van der Waals surface area contributed by atoms with Gasteiger partial charge in [0.25, 0.3) is 5.91 Å². The van der Waals surface area contributed by atoms with E-state index in [9.17, 15) is 9.59 Å². The van der Waals surface area contributed by atoms with Crippen LogP contribution in [-0.4, -0.2) is 82.7 Å². The monoisotopic (exact) mass is 604 g/mol. The molecule has 43 heavy (non-hydrogen) atoms. The van der Waals surface area contributed by atoms with Gasteiger partial charge in [-0.3, -0.25) is 14.7 Å². The molecule has 2 saturated heterocycles. The molecular weight excluding hydrogens is 564 g/mol. The minimum Gasteiger partial charge on any atom is -0.478 e. The number of carbonyl (C=O) groups is 2. The highest BCUT2D eigenvalue weighted by Crippen LogP contribution is 2.35. The average molecular weight is 605 g/mol. The van der Waals surface area contributed by atoms with Crippen molar-refractivity contribution >= 4 is 29.1 Å². The number of hydrogen-bond acceptors (Lipinski definition) is 6. The topological polar surface area (TPSA) is 93.8 Å². The van der Waals surface area contributed by atoms with Crippen LogP contribution >= 0.6 is 11.6 Å². The van der Waals surface area contributed by atoms with Crippen LogP contribution in [0.5, 0.6) is 5.75 Å². The van der Waals surface area contributed by atoms with E-state index in [0.717, 1.165) is 67.7 Å². The number of nitrogens with one attached hydrogen (secondary N) is 2. The van der Waals surface area contributed by atoms with E-state index in [2.05, 4.69) is 49.6 Å². The van der Waals surface area contributed by atoms with Gasteiger partial charge in [-0.2, -0.15) is 5.10 Å². The molecule has 0 spiro atoms. The molecule has 10 heteroatoms. The minimum atomic E-state index is -1.03. The molecular formula is C33H41ClN6O3. The molecule has 1 saturated carbocycles. The SMILES string of the molecule is CC(C)(Oc1cc(Cl)cc(N2CCC[C@H](C(=O)N(Cc3ccc(-c4cn[nH]c4)cc3)C3CC3)C2)c1)C(=O)N1CCNCC1. The first kappa shape index (κ1) is 29.5. The first-order chi connectivity index (χ1) is 20.8. The molecule has 3 fully saturated rings. The zero-order valence-corrected chi connectivity index (χ0v) is 25.8. The molecule has 228 valence electrons. The van der Waals surface area contributed by atoms with Gasteiger partial charge in [0.15, 0.2) is 5.60 Å². The number of piperazine rings is 1. The van der Waals surface area contributed by atoms with Crippen molar-refractivity contribution in [1.82, 2.24) is 25.3 Å². The summed E-state index contributed by atoms with van der Waals surface area (Å²) < 4.78 is 6.28. The number of piperidine rings is 1. The van der Waals surface area contributed by atoms with Crippen molar-refractivity contribution in [3.8, 4) is 16.9 Å². The molecule has 2 aliphatic heterocycles. The van der Waals surface area contributed by atoms with E-state index >= 15 is 0 Å². The van der Waals surface area contributed by atoms with Gasteiger partial charge in [-0.1, -0.05) is 35.9 Å². The fourth-order valence-corrected chi connectivity index (χ4v) is 6.42. The lowest BCUT2D eigenvalue weighted by molar-refractivity contribution is -0.146. The van der Waals surface area contributed by atoms with Crippen molar-refractivity contribution in [1.29, 1.82) is 0 Å². The van der Waals surface area contributed by atoms with Gasteiger partial charge in [0.2, 0.25) is 5.91 Å². The molecule has 2 aromatic carbocycles. The van der Waals surface area contributed by atoms with Gasteiger partial charge in [-0.05, 0) is 62.8 Å². The van der Waals surface area contributed by atoms with Crippen LogP contribution in [0.4, 0.5) is 5.69 Å². The summed E-state index contributed by atoms with van der Waals surface area (Å²) in [5, 5.41) is 10.7. The number of hydrogen-bond donors (Lipinski definition) is 2. The summed E-state index contributed by atoms with van der Waals surface area (Å²) >= 11 is 6.57. The fourth-order valence-electron chi connectivity index (χ4n) is 6.21. The Hall–Kier alpha value is -3.56. The number of H-pyrrole nitrogens is 1. The minimum absolute atomic E-state index is 0.0320. The second-order valence-electron chi connectivity index (χ2n) is 12.5. The van der Waals surface area contributed by atoms with Gasteiger partial charge < -0.3 is 24.8 Å². The van der Waals surface area contributed by atoms with Crippen LogP contribution in [0.15, 0.2) is 54.9 Å². The fraction of sp³-hybridized carbons (Fsp3) is 0.485. The number of rotatable bonds is 9. The smallest absolute Gasteiger partial charge is 0.266 e. The highest BCUT2D eigenvalue weighted by atomic mass is 35.5. The second kappa shape index (κ2) is 12.6. The first-order valence-electron chi connectivity index (χ1n) is 15.4. The Labute approximate surface area is 258 Å². The zero-order chi connectivity index (χ0) is 30.0. The molecule has 1 aliphatic carbocycles. The van der Waals surface area contributed by atoms with E-state index in [1.54, 1.807) is 6.07 Å². The summed E-state index contributed by atoms with van der Waals surface area (Å²) in [4.78, 5) is 33.4. The summed E-state index contributed by atoms with van der Waals surface area (Å²) in [6.45, 7) is 8.63. The highest BCUT2D eigenvalue weighted by molar-refractivity contribution is 6.31. The van der Waals surface area contributed by atoms with Gasteiger partial charge in [0.05, 0.1) is 12.1 Å². The van der Waals surface area contributed by atoms with Gasteiger partial charge >= 0.3 is 0 Å². The van der Waals surface area contributed by atoms with E-state index in [0.29, 0.717) is 43.0 Å². The van der Waals surface area contributed by atoms with E-state index in [-0.39, 0.29) is 17.7 Å². The third-order valence-corrected chi connectivity index (χ3v) is 8.91. The van der Waals surface area contributed by atoms with Crippen LogP contribution in [0.2, 0.25) is 5.02 Å². The molecule has 0 bridgehead atoms. The molecule has 0 unspecified atom stereocenters. The summed E-state index contributed by atoms with van der Waals surface area (Å²) in [7, 11) is 0. The Balaban J connectivity index is 1.13. The lowest BCUT2D eigenvalue weighted by atomic mass is 9.95. The van der Waals surface area contributed by atoms with Crippen LogP contribution in [-0.2, 0) is 16.1 Å². The van der Waals surface area contributed by atoms with Crippen molar-refractivity contribution < 1.29 is 14.3 Å². The maximum atomic E-state index is 14.0. The molecule has 1 aromatic heterocycles. The highest BCUT2D eigenvalue weighted by Gasteiger charge is 2.38. The van der Waals surface area contributed by atoms with Crippen LogP contribution in [0, 0.1) is 5.92 Å². The molecule has 3 heterocycles. The molecule has 2 amide bonds. The second-order valence-corrected chi connectivity index (χ2v) is 12.9. The van der Waals surface area contributed by atoms with Gasteiger partial charge in [0.1, 0.15) is 5.75 Å². The molecule has 1 atom stereocenters. The standard InChI is InChI=1S/C33H41ClN6O3/c1-33(2,32(42)38-14-11-35-12-15-38)43-30-17-27(34)16-29(18-30)39-13-3-4-25(22-39)31(41)40(28-9-10-28)21-23-5-7-24(8-6-23)26-19-36-37-20-26/h5-8,16-20,25,28,35H,3-4,9-15,21-22H2,1-2H3,(H,36,37)/t25-/m0/s1. The Morgan fingerprint density at radius 3 is 2.51 bits per heavy atom. The Kier molecular flexibility index (Phi) is 8.63. The molecule has 3 aromatic rings. The Morgan fingerprint density at radius 2 is 1.81 bits per heavy atom. The van der Waals surface area contributed by atoms with Crippen molar-refractivity contribution in [3.05, 3.63) is 65.4 Å². The predicted octanol–water partition coefficient (Wildman–Crippen LogP) is 4.73. The van der Waals surface area contributed by atoms with Gasteiger partial charge in [0, 0.05) is 80.4 Å². The number of aromatic nitrogens is 2. The third-order valence-electron chi connectivity index (χ3n) is 8.69. The molecule has 9 nitrogen and oxygen atoms in total. The predicted molar refractivity (Wildman–Crippen MR) is 168 cm³/mol.